The number of fused-ring (bicyclic) bond motifs is 9. The first-order chi connectivity index (χ1) is 30.2. The van der Waals surface area contributed by atoms with Crippen LogP contribution in [0.25, 0.3) is 97.6 Å². The van der Waals surface area contributed by atoms with Gasteiger partial charge in [-0.2, -0.15) is 0 Å². The normalized spacial score (nSPS) is 12.4. The summed E-state index contributed by atoms with van der Waals surface area (Å²) in [5.41, 5.74) is 13.1. The summed E-state index contributed by atoms with van der Waals surface area (Å²) in [5.74, 6) is 0. The summed E-state index contributed by atoms with van der Waals surface area (Å²) in [6.07, 6.45) is 5.03. The molecular weight excluding hydrogens is 759 g/mol. The van der Waals surface area contributed by atoms with Gasteiger partial charge in [0, 0.05) is 43.1 Å². The molecule has 290 valence electrons. The van der Waals surface area contributed by atoms with E-state index in [2.05, 4.69) is 202 Å². The van der Waals surface area contributed by atoms with E-state index in [0.29, 0.717) is 13.0 Å². The van der Waals surface area contributed by atoms with E-state index in [1.807, 2.05) is 17.4 Å². The van der Waals surface area contributed by atoms with Gasteiger partial charge in [-0.1, -0.05) is 164 Å². The number of aliphatic imine (C=N–C) groups is 1. The fraction of sp³-hybridized carbons (Fsp3) is 0.0517. The summed E-state index contributed by atoms with van der Waals surface area (Å²) < 4.78 is 9.41. The molecule has 0 saturated carbocycles. The summed E-state index contributed by atoms with van der Waals surface area (Å²) in [6, 6.07) is 65.4. The predicted octanol–water partition coefficient (Wildman–Crippen LogP) is 16.4. The maximum atomic E-state index is 6.84. The molecule has 0 aliphatic rings. The molecule has 0 atom stereocenters. The van der Waals surface area contributed by atoms with Crippen molar-refractivity contribution >= 4 is 92.4 Å². The number of thiophene rings is 1. The monoisotopic (exact) mass is 799 g/mol. The number of benzene rings is 9. The molecule has 11 aromatic rings. The van der Waals surface area contributed by atoms with Crippen LogP contribution in [0.4, 0.5) is 0 Å². The van der Waals surface area contributed by atoms with E-state index in [9.17, 15) is 0 Å². The zero-order chi connectivity index (χ0) is 40.9. The molecule has 0 aliphatic heterocycles. The molecule has 0 saturated heterocycles. The fourth-order valence-corrected chi connectivity index (χ4v) is 10.6. The van der Waals surface area contributed by atoms with Crippen molar-refractivity contribution in [3.05, 3.63) is 217 Å². The van der Waals surface area contributed by atoms with Gasteiger partial charge in [0.2, 0.25) is 0 Å². The molecule has 2 aromatic heterocycles. The molecular formula is C58H41NOS. The zero-order valence-corrected chi connectivity index (χ0v) is 34.7. The fourth-order valence-electron chi connectivity index (χ4n) is 9.48. The lowest BCUT2D eigenvalue weighted by Gasteiger charge is -2.19. The minimum Gasteiger partial charge on any atom is -0.456 e. The number of allylic oxidation sites excluding steroid dienone is 2. The predicted molar refractivity (Wildman–Crippen MR) is 264 cm³/mol. The van der Waals surface area contributed by atoms with Crippen molar-refractivity contribution < 1.29 is 4.42 Å². The van der Waals surface area contributed by atoms with E-state index >= 15 is 0 Å². The van der Waals surface area contributed by atoms with Crippen molar-refractivity contribution in [2.75, 3.05) is 6.54 Å². The van der Waals surface area contributed by atoms with E-state index in [1.54, 1.807) is 0 Å². The third kappa shape index (κ3) is 6.29. The van der Waals surface area contributed by atoms with Crippen LogP contribution < -0.4 is 0 Å². The Morgan fingerprint density at radius 3 is 1.95 bits per heavy atom. The molecule has 61 heavy (non-hydrogen) atoms. The van der Waals surface area contributed by atoms with Crippen LogP contribution in [-0.2, 0) is 6.42 Å². The van der Waals surface area contributed by atoms with Gasteiger partial charge >= 0.3 is 0 Å². The number of hydrogen-bond donors (Lipinski definition) is 0. The summed E-state index contributed by atoms with van der Waals surface area (Å²) in [5, 5.41) is 9.69. The Kier molecular flexibility index (Phi) is 9.25. The second-order valence-corrected chi connectivity index (χ2v) is 16.7. The lowest BCUT2D eigenvalue weighted by molar-refractivity contribution is 0.669. The van der Waals surface area contributed by atoms with Crippen LogP contribution in [-0.4, -0.2) is 12.3 Å². The van der Waals surface area contributed by atoms with Gasteiger partial charge in [0.15, 0.2) is 0 Å². The summed E-state index contributed by atoms with van der Waals surface area (Å²) >= 11 is 1.85. The molecule has 2 heterocycles. The highest BCUT2D eigenvalue weighted by molar-refractivity contribution is 7.25. The van der Waals surface area contributed by atoms with Crippen LogP contribution in [0.5, 0.6) is 0 Å². The van der Waals surface area contributed by atoms with E-state index in [0.717, 1.165) is 61.0 Å². The van der Waals surface area contributed by atoms with E-state index < -0.39 is 0 Å². The largest absolute Gasteiger partial charge is 0.456 e. The topological polar surface area (TPSA) is 25.5 Å². The van der Waals surface area contributed by atoms with E-state index in [-0.39, 0.29) is 0 Å². The second-order valence-electron chi connectivity index (χ2n) is 15.6. The van der Waals surface area contributed by atoms with Gasteiger partial charge in [0.25, 0.3) is 0 Å². The molecule has 9 aromatic carbocycles. The first-order valence-electron chi connectivity index (χ1n) is 21.0. The number of nitrogens with zero attached hydrogens (tertiary/aromatic N) is 1. The number of hydrogen-bond acceptors (Lipinski definition) is 3. The Morgan fingerprint density at radius 1 is 0.557 bits per heavy atom. The maximum absolute atomic E-state index is 6.84. The van der Waals surface area contributed by atoms with Gasteiger partial charge in [-0.25, -0.2) is 0 Å². The molecule has 0 amide bonds. The van der Waals surface area contributed by atoms with Crippen molar-refractivity contribution in [2.45, 2.75) is 13.3 Å². The molecule has 11 rings (SSSR count). The highest BCUT2D eigenvalue weighted by atomic mass is 32.1. The van der Waals surface area contributed by atoms with Crippen LogP contribution in [0.3, 0.4) is 0 Å². The highest BCUT2D eigenvalue weighted by Gasteiger charge is 2.22. The minimum atomic E-state index is 0.645. The number of rotatable bonds is 9. The van der Waals surface area contributed by atoms with Crippen LogP contribution in [0, 0.1) is 0 Å². The number of furan rings is 1. The minimum absolute atomic E-state index is 0.645. The second kappa shape index (κ2) is 15.4. The van der Waals surface area contributed by atoms with E-state index in [1.165, 1.54) is 58.4 Å². The van der Waals surface area contributed by atoms with Gasteiger partial charge in [-0.05, 0) is 116 Å². The maximum Gasteiger partial charge on any atom is 0.136 e. The van der Waals surface area contributed by atoms with Crippen LogP contribution in [0.1, 0.15) is 29.2 Å². The summed E-state index contributed by atoms with van der Waals surface area (Å²) in [4.78, 5) is 5.24. The first kappa shape index (κ1) is 36.7. The SMILES string of the molecule is C=Cc1c(C/C(=C\C(=NCC)c2cccc(-c3ccccc3)c2)c2cccc3oc4cccc(-c5cccc6sc7ccccc7c56)c4c23)c2ccccc2c2ccccc12. The average Bonchev–Trinajstić information content (AvgIpc) is 3.90. The average molecular weight is 800 g/mol. The molecule has 0 unspecified atom stereocenters. The van der Waals surface area contributed by atoms with Gasteiger partial charge in [0.05, 0.1) is 5.71 Å². The van der Waals surface area contributed by atoms with Crippen molar-refractivity contribution in [3.63, 3.8) is 0 Å². The Labute approximate surface area is 359 Å². The van der Waals surface area contributed by atoms with Crippen molar-refractivity contribution in [2.24, 2.45) is 4.99 Å². The zero-order valence-electron chi connectivity index (χ0n) is 33.9. The molecule has 0 N–H and O–H groups in total. The third-order valence-electron chi connectivity index (χ3n) is 12.1. The molecule has 0 radical (unpaired) electrons. The standard InChI is InChI=1S/C58H41NOS/c1-3-41-43-22-8-9-23-44(43)45-24-10-11-25-46(45)50(41)35-40(36-51(59-4-2)39-21-14-20-38(34-39)37-18-6-5-7-19-37)42-27-15-30-52-57(42)58-48(28-16-31-53(58)60-52)47-29-17-33-55-56(47)49-26-12-13-32-54(49)61-55/h3,5-34,36H,1,4,35H2,2H3/b40-36+,59-51?. The van der Waals surface area contributed by atoms with Gasteiger partial charge in [-0.15, -0.1) is 11.3 Å². The molecule has 2 nitrogen and oxygen atoms in total. The van der Waals surface area contributed by atoms with Crippen molar-refractivity contribution in [3.8, 4) is 22.3 Å². The first-order valence-corrected chi connectivity index (χ1v) is 21.8. The Bertz CT molecular complexity index is 3560. The third-order valence-corrected chi connectivity index (χ3v) is 13.3. The molecule has 0 fully saturated rings. The molecule has 0 bridgehead atoms. The van der Waals surface area contributed by atoms with Crippen molar-refractivity contribution in [1.82, 2.24) is 0 Å². The van der Waals surface area contributed by atoms with Crippen LogP contribution in [0.2, 0.25) is 0 Å². The van der Waals surface area contributed by atoms with Crippen LogP contribution in [0.15, 0.2) is 204 Å². The molecule has 0 aliphatic carbocycles. The van der Waals surface area contributed by atoms with Gasteiger partial charge < -0.3 is 4.42 Å². The van der Waals surface area contributed by atoms with Gasteiger partial charge in [0.1, 0.15) is 11.2 Å². The molecule has 0 spiro atoms. The smallest absolute Gasteiger partial charge is 0.136 e. The Morgan fingerprint density at radius 2 is 1.16 bits per heavy atom. The summed E-state index contributed by atoms with van der Waals surface area (Å²) in [6.45, 7) is 7.18. The lowest BCUT2D eigenvalue weighted by atomic mass is 9.85. The lowest BCUT2D eigenvalue weighted by Crippen LogP contribution is -2.04. The quantitative estimate of drug-likeness (QED) is 0.105. The summed E-state index contributed by atoms with van der Waals surface area (Å²) in [7, 11) is 0. The van der Waals surface area contributed by atoms with Crippen molar-refractivity contribution in [1.29, 1.82) is 0 Å². The molecule has 3 heteroatoms. The van der Waals surface area contributed by atoms with E-state index in [4.69, 9.17) is 9.41 Å². The Hall–Kier alpha value is -7.33. The van der Waals surface area contributed by atoms with Gasteiger partial charge in [-0.3, -0.25) is 4.99 Å². The highest BCUT2D eigenvalue weighted by Crippen LogP contribution is 2.46. The Balaban J connectivity index is 1.21. The van der Waals surface area contributed by atoms with Crippen LogP contribution >= 0.6 is 11.3 Å².